The van der Waals surface area contributed by atoms with E-state index in [0.29, 0.717) is 19.0 Å². The lowest BCUT2D eigenvalue weighted by Gasteiger charge is -2.37. The number of hydrogen-bond acceptors (Lipinski definition) is 3. The van der Waals surface area contributed by atoms with Crippen molar-refractivity contribution in [2.24, 2.45) is 0 Å². The van der Waals surface area contributed by atoms with Gasteiger partial charge in [0, 0.05) is 33.1 Å². The lowest BCUT2D eigenvalue weighted by atomic mass is 10.00. The molecule has 2 saturated heterocycles. The van der Waals surface area contributed by atoms with Crippen LogP contribution >= 0.6 is 0 Å². The second-order valence-electron chi connectivity index (χ2n) is 6.59. The zero-order chi connectivity index (χ0) is 15.9. The van der Waals surface area contributed by atoms with Gasteiger partial charge in [-0.05, 0) is 38.8 Å². The Morgan fingerprint density at radius 3 is 2.41 bits per heavy atom. The molecule has 1 atom stereocenters. The van der Waals surface area contributed by atoms with Crippen LogP contribution in [0.15, 0.2) is 0 Å². The van der Waals surface area contributed by atoms with E-state index >= 15 is 0 Å². The number of carbonyl (C=O) groups is 2. The summed E-state index contributed by atoms with van der Waals surface area (Å²) in [6.07, 6.45) is 6.61. The molecule has 5 nitrogen and oxygen atoms in total. The monoisotopic (exact) mass is 309 g/mol. The molecule has 2 rings (SSSR count). The van der Waals surface area contributed by atoms with E-state index in [-0.39, 0.29) is 11.9 Å². The SMILES string of the molecule is CCCCN1CCCC[C@@H]1C(=O)N1CCCN(C(C)=O)CC1. The number of piperidine rings is 1. The topological polar surface area (TPSA) is 43.9 Å². The van der Waals surface area contributed by atoms with Crippen molar-refractivity contribution in [3.05, 3.63) is 0 Å². The van der Waals surface area contributed by atoms with Crippen LogP contribution in [0.3, 0.4) is 0 Å². The van der Waals surface area contributed by atoms with Gasteiger partial charge < -0.3 is 9.80 Å². The van der Waals surface area contributed by atoms with Crippen LogP contribution in [0, 0.1) is 0 Å². The molecule has 0 spiro atoms. The van der Waals surface area contributed by atoms with Crippen LogP contribution in [0.5, 0.6) is 0 Å². The highest BCUT2D eigenvalue weighted by Crippen LogP contribution is 2.20. The summed E-state index contributed by atoms with van der Waals surface area (Å²) >= 11 is 0. The highest BCUT2D eigenvalue weighted by molar-refractivity contribution is 5.82. The molecule has 0 aliphatic carbocycles. The molecule has 5 heteroatoms. The van der Waals surface area contributed by atoms with E-state index in [9.17, 15) is 9.59 Å². The largest absolute Gasteiger partial charge is 0.341 e. The predicted octanol–water partition coefficient (Wildman–Crippen LogP) is 1.72. The van der Waals surface area contributed by atoms with Crippen LogP contribution in [0.2, 0.25) is 0 Å². The van der Waals surface area contributed by atoms with Gasteiger partial charge in [-0.3, -0.25) is 14.5 Å². The summed E-state index contributed by atoms with van der Waals surface area (Å²) in [4.78, 5) is 30.7. The van der Waals surface area contributed by atoms with Gasteiger partial charge in [-0.2, -0.15) is 0 Å². The van der Waals surface area contributed by atoms with Crippen molar-refractivity contribution in [1.82, 2.24) is 14.7 Å². The smallest absolute Gasteiger partial charge is 0.239 e. The lowest BCUT2D eigenvalue weighted by Crippen LogP contribution is -2.51. The van der Waals surface area contributed by atoms with Crippen LogP contribution in [0.25, 0.3) is 0 Å². The summed E-state index contributed by atoms with van der Waals surface area (Å²) in [5, 5.41) is 0. The minimum atomic E-state index is 0.0733. The lowest BCUT2D eigenvalue weighted by molar-refractivity contribution is -0.138. The van der Waals surface area contributed by atoms with E-state index in [1.54, 1.807) is 6.92 Å². The van der Waals surface area contributed by atoms with Gasteiger partial charge in [0.15, 0.2) is 0 Å². The minimum absolute atomic E-state index is 0.0733. The fraction of sp³-hybridized carbons (Fsp3) is 0.882. The third-order valence-electron chi connectivity index (χ3n) is 4.95. The van der Waals surface area contributed by atoms with Crippen LogP contribution in [-0.4, -0.2) is 71.8 Å². The molecule has 126 valence electrons. The molecule has 0 unspecified atom stereocenters. The Labute approximate surface area is 134 Å². The molecule has 0 aromatic heterocycles. The normalized spacial score (nSPS) is 24.2. The molecule has 0 aromatic carbocycles. The number of likely N-dealkylation sites (tertiary alicyclic amines) is 1. The number of unbranched alkanes of at least 4 members (excludes halogenated alkanes) is 1. The first-order valence-electron chi connectivity index (χ1n) is 8.92. The average molecular weight is 309 g/mol. The maximum absolute atomic E-state index is 12.9. The minimum Gasteiger partial charge on any atom is -0.341 e. The van der Waals surface area contributed by atoms with E-state index < -0.39 is 0 Å². The van der Waals surface area contributed by atoms with E-state index in [2.05, 4.69) is 11.8 Å². The highest BCUT2D eigenvalue weighted by Gasteiger charge is 2.32. The van der Waals surface area contributed by atoms with E-state index in [0.717, 1.165) is 45.4 Å². The summed E-state index contributed by atoms with van der Waals surface area (Å²) in [6.45, 7) is 8.87. The van der Waals surface area contributed by atoms with Gasteiger partial charge in [0.2, 0.25) is 11.8 Å². The Hall–Kier alpha value is -1.10. The van der Waals surface area contributed by atoms with Crippen LogP contribution in [0.1, 0.15) is 52.4 Å². The first-order valence-corrected chi connectivity index (χ1v) is 8.92. The maximum Gasteiger partial charge on any atom is 0.239 e. The van der Waals surface area contributed by atoms with Gasteiger partial charge in [0.05, 0.1) is 6.04 Å². The van der Waals surface area contributed by atoms with Crippen molar-refractivity contribution in [3.63, 3.8) is 0 Å². The molecule has 2 heterocycles. The van der Waals surface area contributed by atoms with Crippen LogP contribution < -0.4 is 0 Å². The van der Waals surface area contributed by atoms with Crippen molar-refractivity contribution in [3.8, 4) is 0 Å². The Kier molecular flexibility index (Phi) is 6.68. The van der Waals surface area contributed by atoms with E-state index in [1.165, 1.54) is 19.3 Å². The molecule has 0 radical (unpaired) electrons. The molecule has 0 bridgehead atoms. The molecule has 2 fully saturated rings. The molecule has 0 aromatic rings. The number of rotatable bonds is 4. The average Bonchev–Trinajstić information content (AvgIpc) is 2.78. The Bertz CT molecular complexity index is 386. The quantitative estimate of drug-likeness (QED) is 0.794. The molecule has 2 aliphatic heterocycles. The van der Waals surface area contributed by atoms with Crippen molar-refractivity contribution in [2.45, 2.75) is 58.4 Å². The number of amides is 2. The van der Waals surface area contributed by atoms with Crippen LogP contribution in [-0.2, 0) is 9.59 Å². The first kappa shape index (κ1) is 17.3. The second-order valence-corrected chi connectivity index (χ2v) is 6.59. The summed E-state index contributed by atoms with van der Waals surface area (Å²) in [5.74, 6) is 0.415. The Morgan fingerprint density at radius 2 is 1.68 bits per heavy atom. The molecule has 22 heavy (non-hydrogen) atoms. The third-order valence-corrected chi connectivity index (χ3v) is 4.95. The molecule has 2 aliphatic rings. The van der Waals surface area contributed by atoms with Gasteiger partial charge in [-0.15, -0.1) is 0 Å². The zero-order valence-electron chi connectivity index (χ0n) is 14.2. The Morgan fingerprint density at radius 1 is 0.955 bits per heavy atom. The van der Waals surface area contributed by atoms with Gasteiger partial charge in [0.25, 0.3) is 0 Å². The van der Waals surface area contributed by atoms with Crippen molar-refractivity contribution in [2.75, 3.05) is 39.3 Å². The molecular weight excluding hydrogens is 278 g/mol. The van der Waals surface area contributed by atoms with Crippen molar-refractivity contribution >= 4 is 11.8 Å². The van der Waals surface area contributed by atoms with Crippen molar-refractivity contribution < 1.29 is 9.59 Å². The van der Waals surface area contributed by atoms with E-state index in [4.69, 9.17) is 0 Å². The molecule has 0 saturated carbocycles. The molecule has 2 amide bonds. The summed E-state index contributed by atoms with van der Waals surface area (Å²) in [5.41, 5.74) is 0. The summed E-state index contributed by atoms with van der Waals surface area (Å²) in [6, 6.07) is 0.0733. The van der Waals surface area contributed by atoms with Gasteiger partial charge in [-0.1, -0.05) is 19.8 Å². The van der Waals surface area contributed by atoms with Crippen molar-refractivity contribution in [1.29, 1.82) is 0 Å². The second kappa shape index (κ2) is 8.51. The predicted molar refractivity (Wildman–Crippen MR) is 87.6 cm³/mol. The Balaban J connectivity index is 1.94. The van der Waals surface area contributed by atoms with E-state index in [1.807, 2.05) is 9.80 Å². The fourth-order valence-corrected chi connectivity index (χ4v) is 3.56. The number of hydrogen-bond donors (Lipinski definition) is 0. The van der Waals surface area contributed by atoms with Gasteiger partial charge in [0.1, 0.15) is 0 Å². The highest BCUT2D eigenvalue weighted by atomic mass is 16.2. The maximum atomic E-state index is 12.9. The molecular formula is C17H31N3O2. The standard InChI is InChI=1S/C17H31N3O2/c1-3-4-9-19-10-6-5-8-16(19)17(22)20-12-7-11-18(13-14-20)15(2)21/h16H,3-14H2,1-2H3/t16-/m1/s1. The fourth-order valence-electron chi connectivity index (χ4n) is 3.56. The third kappa shape index (κ3) is 4.45. The zero-order valence-corrected chi connectivity index (χ0v) is 14.2. The van der Waals surface area contributed by atoms with Gasteiger partial charge in [-0.25, -0.2) is 0 Å². The van der Waals surface area contributed by atoms with Gasteiger partial charge >= 0.3 is 0 Å². The van der Waals surface area contributed by atoms with Crippen LogP contribution in [0.4, 0.5) is 0 Å². The number of nitrogens with zero attached hydrogens (tertiary/aromatic N) is 3. The number of carbonyl (C=O) groups excluding carboxylic acids is 2. The molecule has 0 N–H and O–H groups in total. The summed E-state index contributed by atoms with van der Waals surface area (Å²) in [7, 11) is 0. The first-order chi connectivity index (χ1) is 10.6. The summed E-state index contributed by atoms with van der Waals surface area (Å²) < 4.78 is 0.